The van der Waals surface area contributed by atoms with E-state index < -0.39 is 0 Å². The molecule has 0 aliphatic heterocycles. The first-order chi connectivity index (χ1) is 9.24. The second-order valence-corrected chi connectivity index (χ2v) is 4.42. The predicted molar refractivity (Wildman–Crippen MR) is 73.4 cm³/mol. The molecule has 0 saturated heterocycles. The molecule has 0 saturated carbocycles. The van der Waals surface area contributed by atoms with Crippen molar-refractivity contribution in [1.29, 1.82) is 0 Å². The van der Waals surface area contributed by atoms with E-state index >= 15 is 0 Å². The lowest BCUT2D eigenvalue weighted by atomic mass is 10.1. The first-order valence-corrected chi connectivity index (χ1v) is 6.00. The first-order valence-electron chi connectivity index (χ1n) is 5.62. The molecule has 1 aromatic carbocycles. The lowest BCUT2D eigenvalue weighted by molar-refractivity contribution is 0.0997. The van der Waals surface area contributed by atoms with Gasteiger partial charge in [0.15, 0.2) is 5.76 Å². The van der Waals surface area contributed by atoms with Crippen molar-refractivity contribution in [3.63, 3.8) is 0 Å². The number of hydrogen-bond acceptors (Lipinski definition) is 3. The fourth-order valence-corrected chi connectivity index (χ4v) is 2.09. The van der Waals surface area contributed by atoms with Crippen LogP contribution in [-0.2, 0) is 0 Å². The summed E-state index contributed by atoms with van der Waals surface area (Å²) in [5, 5.41) is 5.06. The number of nitrogens with zero attached hydrogens (tertiary/aromatic N) is 1. The molecule has 2 aromatic heterocycles. The molecule has 3 aromatic rings. The van der Waals surface area contributed by atoms with Gasteiger partial charge in [0.05, 0.1) is 12.0 Å². The molecule has 3 rings (SSSR count). The fourth-order valence-electron chi connectivity index (χ4n) is 1.87. The van der Waals surface area contributed by atoms with Gasteiger partial charge < -0.3 is 9.73 Å². The Balaban J connectivity index is 2.03. The minimum Gasteiger partial charge on any atom is -0.459 e. The molecule has 94 valence electrons. The molecule has 0 spiro atoms. The summed E-state index contributed by atoms with van der Waals surface area (Å²) in [6.45, 7) is 0. The van der Waals surface area contributed by atoms with Crippen molar-refractivity contribution < 1.29 is 9.21 Å². The van der Waals surface area contributed by atoms with Gasteiger partial charge in [-0.25, -0.2) is 0 Å². The van der Waals surface area contributed by atoms with Crippen molar-refractivity contribution in [3.8, 4) is 0 Å². The van der Waals surface area contributed by atoms with Crippen LogP contribution >= 0.6 is 11.6 Å². The van der Waals surface area contributed by atoms with E-state index in [0.717, 1.165) is 10.8 Å². The highest BCUT2D eigenvalue weighted by molar-refractivity contribution is 6.32. The first kappa shape index (κ1) is 11.7. The number of rotatable bonds is 2. The van der Waals surface area contributed by atoms with Crippen molar-refractivity contribution in [3.05, 3.63) is 59.8 Å². The zero-order chi connectivity index (χ0) is 13.2. The molecular formula is C14H9ClN2O2. The van der Waals surface area contributed by atoms with Crippen LogP contribution in [0.3, 0.4) is 0 Å². The van der Waals surface area contributed by atoms with Gasteiger partial charge >= 0.3 is 0 Å². The van der Waals surface area contributed by atoms with Crippen LogP contribution in [0.15, 0.2) is 53.4 Å². The molecule has 0 aliphatic rings. The Morgan fingerprint density at radius 1 is 1.32 bits per heavy atom. The smallest absolute Gasteiger partial charge is 0.291 e. The SMILES string of the molecule is O=C(Nc1cc(Cl)cc2cnccc12)c1ccco1. The minimum absolute atomic E-state index is 0.252. The molecule has 0 bridgehead atoms. The Kier molecular flexibility index (Phi) is 2.93. The summed E-state index contributed by atoms with van der Waals surface area (Å²) in [4.78, 5) is 16.0. The van der Waals surface area contributed by atoms with Crippen molar-refractivity contribution in [2.24, 2.45) is 0 Å². The average Bonchev–Trinajstić information content (AvgIpc) is 2.92. The number of aromatic nitrogens is 1. The number of anilines is 1. The zero-order valence-electron chi connectivity index (χ0n) is 9.76. The van der Waals surface area contributed by atoms with E-state index in [-0.39, 0.29) is 11.7 Å². The Bertz CT molecular complexity index is 738. The fraction of sp³-hybridized carbons (Fsp3) is 0. The number of fused-ring (bicyclic) bond motifs is 1. The number of hydrogen-bond donors (Lipinski definition) is 1. The van der Waals surface area contributed by atoms with Crippen LogP contribution in [0.4, 0.5) is 5.69 Å². The number of pyridine rings is 1. The summed E-state index contributed by atoms with van der Waals surface area (Å²) in [6, 6.07) is 8.58. The van der Waals surface area contributed by atoms with Gasteiger partial charge in [-0.2, -0.15) is 0 Å². The van der Waals surface area contributed by atoms with E-state index in [0.29, 0.717) is 10.7 Å². The molecule has 1 N–H and O–H groups in total. The molecule has 0 fully saturated rings. The van der Waals surface area contributed by atoms with Crippen LogP contribution in [-0.4, -0.2) is 10.9 Å². The lowest BCUT2D eigenvalue weighted by Crippen LogP contribution is -2.11. The van der Waals surface area contributed by atoms with E-state index in [1.54, 1.807) is 36.7 Å². The Morgan fingerprint density at radius 3 is 3.00 bits per heavy atom. The number of nitrogens with one attached hydrogen (secondary N) is 1. The number of amides is 1. The number of benzene rings is 1. The molecular weight excluding hydrogens is 264 g/mol. The summed E-state index contributed by atoms with van der Waals surface area (Å²) in [5.41, 5.74) is 0.631. The third-order valence-corrected chi connectivity index (χ3v) is 2.93. The van der Waals surface area contributed by atoms with E-state index in [9.17, 15) is 4.79 Å². The van der Waals surface area contributed by atoms with E-state index in [1.807, 2.05) is 6.07 Å². The summed E-state index contributed by atoms with van der Waals surface area (Å²) in [6.07, 6.45) is 4.82. The van der Waals surface area contributed by atoms with Gasteiger partial charge in [0, 0.05) is 28.2 Å². The molecule has 0 unspecified atom stereocenters. The predicted octanol–water partition coefficient (Wildman–Crippen LogP) is 3.73. The van der Waals surface area contributed by atoms with Crippen LogP contribution in [0.2, 0.25) is 5.02 Å². The van der Waals surface area contributed by atoms with Gasteiger partial charge in [-0.1, -0.05) is 11.6 Å². The summed E-state index contributed by atoms with van der Waals surface area (Å²) in [7, 11) is 0. The quantitative estimate of drug-likeness (QED) is 0.773. The van der Waals surface area contributed by atoms with E-state index in [2.05, 4.69) is 10.3 Å². The Labute approximate surface area is 114 Å². The molecule has 2 heterocycles. The number of carbonyl (C=O) groups excluding carboxylic acids is 1. The maximum atomic E-state index is 12.0. The minimum atomic E-state index is -0.314. The van der Waals surface area contributed by atoms with Gasteiger partial charge in [-0.05, 0) is 30.3 Å². The van der Waals surface area contributed by atoms with Gasteiger partial charge in [0.25, 0.3) is 5.91 Å². The van der Waals surface area contributed by atoms with E-state index in [4.69, 9.17) is 16.0 Å². The van der Waals surface area contributed by atoms with E-state index in [1.165, 1.54) is 6.26 Å². The Hall–Kier alpha value is -2.33. The molecule has 0 aliphatic carbocycles. The van der Waals surface area contributed by atoms with Crippen molar-refractivity contribution in [2.75, 3.05) is 5.32 Å². The molecule has 0 radical (unpaired) electrons. The summed E-state index contributed by atoms with van der Waals surface area (Å²) in [5.74, 6) is -0.0624. The van der Waals surface area contributed by atoms with Crippen LogP contribution in [0.1, 0.15) is 10.6 Å². The molecule has 4 nitrogen and oxygen atoms in total. The maximum absolute atomic E-state index is 12.0. The van der Waals surface area contributed by atoms with Crippen LogP contribution in [0.25, 0.3) is 10.8 Å². The van der Waals surface area contributed by atoms with Gasteiger partial charge in [0.2, 0.25) is 0 Å². The molecule has 0 atom stereocenters. The largest absolute Gasteiger partial charge is 0.459 e. The second-order valence-electron chi connectivity index (χ2n) is 3.98. The van der Waals surface area contributed by atoms with Crippen molar-refractivity contribution in [2.45, 2.75) is 0 Å². The van der Waals surface area contributed by atoms with Gasteiger partial charge in [-0.15, -0.1) is 0 Å². The monoisotopic (exact) mass is 272 g/mol. The lowest BCUT2D eigenvalue weighted by Gasteiger charge is -2.08. The Morgan fingerprint density at radius 2 is 2.21 bits per heavy atom. The third kappa shape index (κ3) is 2.30. The number of carbonyl (C=O) groups is 1. The second kappa shape index (κ2) is 4.74. The summed E-state index contributed by atoms with van der Waals surface area (Å²) < 4.78 is 5.05. The molecule has 1 amide bonds. The topological polar surface area (TPSA) is 55.1 Å². The van der Waals surface area contributed by atoms with Crippen LogP contribution < -0.4 is 5.32 Å². The number of furan rings is 1. The normalized spacial score (nSPS) is 10.6. The summed E-state index contributed by atoms with van der Waals surface area (Å²) >= 11 is 6.03. The maximum Gasteiger partial charge on any atom is 0.291 e. The van der Waals surface area contributed by atoms with Crippen molar-refractivity contribution in [1.82, 2.24) is 4.98 Å². The molecule has 19 heavy (non-hydrogen) atoms. The average molecular weight is 273 g/mol. The standard InChI is InChI=1S/C14H9ClN2O2/c15-10-6-9-8-16-4-3-11(9)12(7-10)17-14(18)13-2-1-5-19-13/h1-8H,(H,17,18). The highest BCUT2D eigenvalue weighted by Crippen LogP contribution is 2.27. The number of halogens is 1. The third-order valence-electron chi connectivity index (χ3n) is 2.71. The van der Waals surface area contributed by atoms with Crippen molar-refractivity contribution >= 4 is 34.0 Å². The highest BCUT2D eigenvalue weighted by Gasteiger charge is 2.11. The van der Waals surface area contributed by atoms with Gasteiger partial charge in [0.1, 0.15) is 0 Å². The van der Waals surface area contributed by atoms with Crippen LogP contribution in [0, 0.1) is 0 Å². The molecule has 5 heteroatoms. The highest BCUT2D eigenvalue weighted by atomic mass is 35.5. The van der Waals surface area contributed by atoms with Crippen LogP contribution in [0.5, 0.6) is 0 Å². The van der Waals surface area contributed by atoms with Gasteiger partial charge in [-0.3, -0.25) is 9.78 Å². The zero-order valence-corrected chi connectivity index (χ0v) is 10.5.